The summed E-state index contributed by atoms with van der Waals surface area (Å²) in [7, 11) is 0. The van der Waals surface area contributed by atoms with E-state index in [-0.39, 0.29) is 24.0 Å². The number of nitrogens with one attached hydrogen (secondary N) is 1. The number of carbonyl (C=O) groups is 1. The van der Waals surface area contributed by atoms with Crippen LogP contribution in [0.1, 0.15) is 75.2 Å². The maximum Gasteiger partial charge on any atom is 0.416 e. The molecule has 2 rings (SSSR count). The van der Waals surface area contributed by atoms with Crippen LogP contribution in [-0.4, -0.2) is 18.6 Å². The van der Waals surface area contributed by atoms with Crippen molar-refractivity contribution in [1.82, 2.24) is 5.32 Å². The fourth-order valence-corrected chi connectivity index (χ4v) is 3.61. The molecule has 0 spiro atoms. The molecule has 1 aromatic rings. The van der Waals surface area contributed by atoms with Crippen LogP contribution in [0.2, 0.25) is 0 Å². The van der Waals surface area contributed by atoms with Crippen molar-refractivity contribution in [2.24, 2.45) is 5.92 Å². The summed E-state index contributed by atoms with van der Waals surface area (Å²) in [5.74, 6) is 0.184. The third-order valence-corrected chi connectivity index (χ3v) is 5.35. The van der Waals surface area contributed by atoms with Gasteiger partial charge in [-0.25, -0.2) is 0 Å². The third kappa shape index (κ3) is 5.96. The Morgan fingerprint density at radius 2 is 2.00 bits per heavy atom. The minimum absolute atomic E-state index is 0.00450. The lowest BCUT2D eigenvalue weighted by Gasteiger charge is -2.37. The van der Waals surface area contributed by atoms with Crippen LogP contribution in [0.5, 0.6) is 0 Å². The van der Waals surface area contributed by atoms with E-state index in [2.05, 4.69) is 5.32 Å². The Labute approximate surface area is 159 Å². The Balaban J connectivity index is 2.12. The van der Waals surface area contributed by atoms with E-state index in [4.69, 9.17) is 4.74 Å². The number of aryl methyl sites for hydroxylation is 1. The quantitative estimate of drug-likeness (QED) is 0.667. The van der Waals surface area contributed by atoms with Crippen LogP contribution < -0.4 is 5.32 Å². The lowest BCUT2D eigenvalue weighted by molar-refractivity contribution is -0.138. The molecule has 1 aliphatic rings. The highest BCUT2D eigenvalue weighted by Gasteiger charge is 2.35. The molecule has 0 radical (unpaired) electrons. The van der Waals surface area contributed by atoms with Crippen molar-refractivity contribution in [2.45, 2.75) is 77.7 Å². The fourth-order valence-electron chi connectivity index (χ4n) is 3.61. The Morgan fingerprint density at radius 1 is 1.26 bits per heavy atom. The van der Waals surface area contributed by atoms with Gasteiger partial charge < -0.3 is 10.1 Å². The first-order valence-electron chi connectivity index (χ1n) is 9.86. The van der Waals surface area contributed by atoms with E-state index in [1.165, 1.54) is 12.1 Å². The molecule has 0 saturated carbocycles. The molecule has 1 fully saturated rings. The van der Waals surface area contributed by atoms with Gasteiger partial charge in [0.15, 0.2) is 0 Å². The average Bonchev–Trinajstić information content (AvgIpc) is 2.63. The second-order valence-corrected chi connectivity index (χ2v) is 7.40. The summed E-state index contributed by atoms with van der Waals surface area (Å²) in [5.41, 5.74) is 0.773. The van der Waals surface area contributed by atoms with Crippen LogP contribution in [0.15, 0.2) is 18.2 Å². The smallest absolute Gasteiger partial charge is 0.368 e. The van der Waals surface area contributed by atoms with Gasteiger partial charge in [0.05, 0.1) is 17.8 Å². The maximum absolute atomic E-state index is 13.1. The number of rotatable bonds is 7. The van der Waals surface area contributed by atoms with Crippen LogP contribution in [-0.2, 0) is 15.7 Å². The summed E-state index contributed by atoms with van der Waals surface area (Å²) < 4.78 is 45.6. The zero-order valence-corrected chi connectivity index (χ0v) is 16.4. The van der Waals surface area contributed by atoms with E-state index in [1.54, 1.807) is 0 Å². The zero-order chi connectivity index (χ0) is 20.0. The molecule has 3 unspecified atom stereocenters. The van der Waals surface area contributed by atoms with E-state index in [1.807, 2.05) is 20.8 Å². The van der Waals surface area contributed by atoms with Crippen molar-refractivity contribution in [1.29, 1.82) is 0 Å². The molecule has 3 atom stereocenters. The summed E-state index contributed by atoms with van der Waals surface area (Å²) in [4.78, 5) is 11.8. The second kappa shape index (κ2) is 9.58. The molecule has 0 aromatic heterocycles. The van der Waals surface area contributed by atoms with Gasteiger partial charge in [0.2, 0.25) is 5.91 Å². The van der Waals surface area contributed by atoms with Gasteiger partial charge in [-0.3, -0.25) is 4.79 Å². The van der Waals surface area contributed by atoms with E-state index >= 15 is 0 Å². The van der Waals surface area contributed by atoms with Gasteiger partial charge in [-0.2, -0.15) is 13.2 Å². The molecule has 1 aromatic carbocycles. The highest BCUT2D eigenvalue weighted by molar-refractivity contribution is 5.75. The normalized spacial score (nSPS) is 23.3. The largest absolute Gasteiger partial charge is 0.416 e. The summed E-state index contributed by atoms with van der Waals surface area (Å²) in [6, 6.07) is 3.86. The summed E-state index contributed by atoms with van der Waals surface area (Å²) >= 11 is 0. The fraction of sp³-hybridized carbons (Fsp3) is 0.667. The average molecular weight is 385 g/mol. The minimum atomic E-state index is -4.37. The molecule has 1 saturated heterocycles. The Hall–Kier alpha value is -1.56. The minimum Gasteiger partial charge on any atom is -0.368 e. The molecule has 6 heteroatoms. The molecule has 0 bridgehead atoms. The van der Waals surface area contributed by atoms with Gasteiger partial charge in [0, 0.05) is 13.0 Å². The lowest BCUT2D eigenvalue weighted by Crippen LogP contribution is -2.38. The van der Waals surface area contributed by atoms with Crippen LogP contribution >= 0.6 is 0 Å². The standard InChI is InChI=1S/C21H30F3NO2/c1-4-6-7-19(26)25-13-17-11-9-15(5-2)20(27-17)18-12-16(21(22,23)24)10-8-14(18)3/h8,10,12,15,17,20H,4-7,9,11,13H2,1-3H3,(H,25,26). The molecule has 1 N–H and O–H groups in total. The number of benzene rings is 1. The molecule has 1 aliphatic heterocycles. The molecule has 27 heavy (non-hydrogen) atoms. The number of hydrogen-bond donors (Lipinski definition) is 1. The first kappa shape index (κ1) is 21.7. The molecular weight excluding hydrogens is 355 g/mol. The molecule has 152 valence electrons. The van der Waals surface area contributed by atoms with E-state index in [0.717, 1.165) is 43.7 Å². The Bertz CT molecular complexity index is 630. The van der Waals surface area contributed by atoms with Crippen LogP contribution in [0, 0.1) is 12.8 Å². The van der Waals surface area contributed by atoms with Crippen LogP contribution in [0.4, 0.5) is 13.2 Å². The van der Waals surface area contributed by atoms with Gasteiger partial charge in [0.25, 0.3) is 0 Å². The number of carbonyl (C=O) groups excluding carboxylic acids is 1. The first-order valence-corrected chi connectivity index (χ1v) is 9.86. The number of hydrogen-bond acceptors (Lipinski definition) is 2. The highest BCUT2D eigenvalue weighted by Crippen LogP contribution is 2.41. The SMILES string of the molecule is CCCCC(=O)NCC1CCC(CC)C(c2cc(C(F)(F)F)ccc2C)O1. The Kier molecular flexibility index (Phi) is 7.71. The van der Waals surface area contributed by atoms with Crippen molar-refractivity contribution in [3.63, 3.8) is 0 Å². The van der Waals surface area contributed by atoms with Gasteiger partial charge in [0.1, 0.15) is 0 Å². The second-order valence-electron chi connectivity index (χ2n) is 7.40. The van der Waals surface area contributed by atoms with Crippen LogP contribution in [0.25, 0.3) is 0 Å². The van der Waals surface area contributed by atoms with Gasteiger partial charge >= 0.3 is 6.18 Å². The van der Waals surface area contributed by atoms with Crippen molar-refractivity contribution in [3.8, 4) is 0 Å². The topological polar surface area (TPSA) is 38.3 Å². The van der Waals surface area contributed by atoms with Crippen molar-refractivity contribution in [3.05, 3.63) is 34.9 Å². The van der Waals surface area contributed by atoms with E-state index in [9.17, 15) is 18.0 Å². The van der Waals surface area contributed by atoms with E-state index < -0.39 is 11.7 Å². The van der Waals surface area contributed by atoms with Gasteiger partial charge in [-0.15, -0.1) is 0 Å². The molecule has 0 aliphatic carbocycles. The monoisotopic (exact) mass is 385 g/mol. The molecule has 3 nitrogen and oxygen atoms in total. The maximum atomic E-state index is 13.1. The highest BCUT2D eigenvalue weighted by atomic mass is 19.4. The van der Waals surface area contributed by atoms with E-state index in [0.29, 0.717) is 18.5 Å². The molecular formula is C21H30F3NO2. The summed E-state index contributed by atoms with van der Waals surface area (Å²) in [5, 5.41) is 2.90. The molecule has 1 heterocycles. The van der Waals surface area contributed by atoms with Gasteiger partial charge in [-0.05, 0) is 55.4 Å². The molecule has 1 amide bonds. The zero-order valence-electron chi connectivity index (χ0n) is 16.4. The number of amides is 1. The van der Waals surface area contributed by atoms with Crippen molar-refractivity contribution < 1.29 is 22.7 Å². The van der Waals surface area contributed by atoms with Crippen LogP contribution in [0.3, 0.4) is 0 Å². The van der Waals surface area contributed by atoms with Crippen molar-refractivity contribution >= 4 is 5.91 Å². The first-order chi connectivity index (χ1) is 12.8. The lowest BCUT2D eigenvalue weighted by atomic mass is 9.83. The Morgan fingerprint density at radius 3 is 2.63 bits per heavy atom. The number of alkyl halides is 3. The van der Waals surface area contributed by atoms with Crippen molar-refractivity contribution in [2.75, 3.05) is 6.54 Å². The van der Waals surface area contributed by atoms with Gasteiger partial charge in [-0.1, -0.05) is 32.8 Å². The number of unbranched alkanes of at least 4 members (excludes halogenated alkanes) is 1. The number of ether oxygens (including phenoxy) is 1. The summed E-state index contributed by atoms with van der Waals surface area (Å²) in [6.45, 7) is 6.30. The third-order valence-electron chi connectivity index (χ3n) is 5.35. The predicted octanol–water partition coefficient (Wildman–Crippen LogP) is 5.57. The summed E-state index contributed by atoms with van der Waals surface area (Å²) in [6.07, 6.45) is -0.0730. The number of halogens is 3. The predicted molar refractivity (Wildman–Crippen MR) is 99.3 cm³/mol.